The summed E-state index contributed by atoms with van der Waals surface area (Å²) in [6.07, 6.45) is 0. The minimum absolute atomic E-state index is 0.104. The summed E-state index contributed by atoms with van der Waals surface area (Å²) >= 11 is 13.6. The molecule has 0 amide bonds. The first kappa shape index (κ1) is 14.6. The van der Waals surface area contributed by atoms with Crippen molar-refractivity contribution in [2.45, 2.75) is 32.7 Å². The van der Waals surface area contributed by atoms with E-state index in [1.54, 1.807) is 17.4 Å². The molecule has 0 radical (unpaired) electrons. The van der Waals surface area contributed by atoms with Gasteiger partial charge in [0.05, 0.1) is 27.3 Å². The predicted molar refractivity (Wildman–Crippen MR) is 84.6 cm³/mol. The summed E-state index contributed by atoms with van der Waals surface area (Å²) in [4.78, 5) is 4.63. The van der Waals surface area contributed by atoms with Crippen molar-refractivity contribution in [3.8, 4) is 0 Å². The summed E-state index contributed by atoms with van der Waals surface area (Å²) in [6.45, 7) is 7.19. The fourth-order valence-electron chi connectivity index (χ4n) is 1.53. The summed E-state index contributed by atoms with van der Waals surface area (Å²) in [5, 5.41) is 7.66. The molecule has 0 unspecified atom stereocenters. The molecule has 0 aliphatic rings. The highest BCUT2D eigenvalue weighted by molar-refractivity contribution is 7.09. The van der Waals surface area contributed by atoms with Crippen molar-refractivity contribution in [1.82, 2.24) is 4.98 Å². The summed E-state index contributed by atoms with van der Waals surface area (Å²) in [6, 6.07) is 5.51. The minimum atomic E-state index is 0.104. The largest absolute Gasteiger partial charge is 0.379 e. The first-order valence-corrected chi connectivity index (χ1v) is 7.63. The number of thiazole rings is 1. The zero-order chi connectivity index (χ0) is 14.0. The summed E-state index contributed by atoms with van der Waals surface area (Å²) in [5.41, 5.74) is 2.09. The van der Waals surface area contributed by atoms with Gasteiger partial charge in [-0.05, 0) is 18.2 Å². The Hall–Kier alpha value is -0.770. The third-order valence-corrected chi connectivity index (χ3v) is 4.64. The van der Waals surface area contributed by atoms with Crippen LogP contribution in [0, 0.1) is 0 Å². The van der Waals surface area contributed by atoms with Crippen LogP contribution < -0.4 is 5.32 Å². The van der Waals surface area contributed by atoms with E-state index < -0.39 is 0 Å². The number of hydrogen-bond acceptors (Lipinski definition) is 3. The number of anilines is 1. The Morgan fingerprint density at radius 2 is 1.95 bits per heavy atom. The number of hydrogen-bond donors (Lipinski definition) is 1. The van der Waals surface area contributed by atoms with Gasteiger partial charge in [0.25, 0.3) is 0 Å². The molecule has 5 heteroatoms. The molecular weight excluding hydrogens is 299 g/mol. The molecule has 0 fully saturated rings. The Kier molecular flexibility index (Phi) is 4.39. The highest BCUT2D eigenvalue weighted by Crippen LogP contribution is 2.27. The number of rotatable bonds is 3. The average molecular weight is 315 g/mol. The number of nitrogens with zero attached hydrogens (tertiary/aromatic N) is 1. The Bertz CT molecular complexity index is 573. The van der Waals surface area contributed by atoms with Gasteiger partial charge in [0.2, 0.25) is 0 Å². The molecule has 0 atom stereocenters. The van der Waals surface area contributed by atoms with Gasteiger partial charge >= 0.3 is 0 Å². The van der Waals surface area contributed by atoms with Gasteiger partial charge in [0, 0.05) is 16.5 Å². The molecular formula is C14H16Cl2N2S. The lowest BCUT2D eigenvalue weighted by Crippen LogP contribution is -2.11. The highest BCUT2D eigenvalue weighted by Gasteiger charge is 2.17. The lowest BCUT2D eigenvalue weighted by Gasteiger charge is -2.13. The van der Waals surface area contributed by atoms with Gasteiger partial charge in [-0.2, -0.15) is 0 Å². The smallest absolute Gasteiger partial charge is 0.0982 e. The maximum absolute atomic E-state index is 5.97. The maximum Gasteiger partial charge on any atom is 0.0982 e. The maximum atomic E-state index is 5.97. The van der Waals surface area contributed by atoms with Crippen molar-refractivity contribution in [2.24, 2.45) is 0 Å². The number of benzene rings is 1. The van der Waals surface area contributed by atoms with Gasteiger partial charge in [0.15, 0.2) is 0 Å². The van der Waals surface area contributed by atoms with Gasteiger partial charge in [-0.25, -0.2) is 4.98 Å². The van der Waals surface area contributed by atoms with Crippen molar-refractivity contribution < 1.29 is 0 Å². The van der Waals surface area contributed by atoms with Gasteiger partial charge in [-0.1, -0.05) is 44.0 Å². The van der Waals surface area contributed by atoms with E-state index in [1.807, 2.05) is 12.1 Å². The van der Waals surface area contributed by atoms with Gasteiger partial charge < -0.3 is 5.32 Å². The molecule has 2 aromatic rings. The molecule has 0 aliphatic carbocycles. The van der Waals surface area contributed by atoms with E-state index in [1.165, 1.54) is 0 Å². The molecule has 19 heavy (non-hydrogen) atoms. The third-order valence-electron chi connectivity index (χ3n) is 2.59. The van der Waals surface area contributed by atoms with E-state index in [-0.39, 0.29) is 5.41 Å². The molecule has 1 heterocycles. The summed E-state index contributed by atoms with van der Waals surface area (Å²) in [7, 11) is 0. The van der Waals surface area contributed by atoms with Crippen LogP contribution in [0.4, 0.5) is 5.69 Å². The van der Waals surface area contributed by atoms with E-state index in [9.17, 15) is 0 Å². The Morgan fingerprint density at radius 3 is 2.53 bits per heavy atom. The number of halogens is 2. The van der Waals surface area contributed by atoms with E-state index in [0.717, 1.165) is 16.4 Å². The standard InChI is InChI=1S/C14H16Cl2N2S/c1-14(2,3)13-18-10(8-19-13)7-17-9-4-5-11(15)12(16)6-9/h4-6,8,17H,7H2,1-3H3. The lowest BCUT2D eigenvalue weighted by atomic mass is 9.98. The van der Waals surface area contributed by atoms with E-state index in [4.69, 9.17) is 23.2 Å². The predicted octanol–water partition coefficient (Wildman–Crippen LogP) is 5.36. The third kappa shape index (κ3) is 3.85. The molecule has 1 aromatic heterocycles. The quantitative estimate of drug-likeness (QED) is 0.825. The van der Waals surface area contributed by atoms with Crippen LogP contribution in [0.3, 0.4) is 0 Å². The van der Waals surface area contributed by atoms with Crippen molar-refractivity contribution in [3.63, 3.8) is 0 Å². The first-order valence-electron chi connectivity index (χ1n) is 6.00. The number of aromatic nitrogens is 1. The Morgan fingerprint density at radius 1 is 1.21 bits per heavy atom. The van der Waals surface area contributed by atoms with Crippen LogP contribution in [0.5, 0.6) is 0 Å². The second-order valence-electron chi connectivity index (χ2n) is 5.38. The normalized spacial score (nSPS) is 11.6. The molecule has 0 bridgehead atoms. The zero-order valence-corrected chi connectivity index (χ0v) is 13.5. The van der Waals surface area contributed by atoms with Crippen molar-refractivity contribution in [3.05, 3.63) is 44.3 Å². The van der Waals surface area contributed by atoms with Gasteiger partial charge in [-0.15, -0.1) is 11.3 Å². The molecule has 2 rings (SSSR count). The molecule has 0 saturated heterocycles. The second kappa shape index (κ2) is 5.70. The van der Waals surface area contributed by atoms with Crippen LogP contribution >= 0.6 is 34.5 Å². The van der Waals surface area contributed by atoms with E-state index in [0.29, 0.717) is 16.6 Å². The average Bonchev–Trinajstić information content (AvgIpc) is 2.79. The van der Waals surface area contributed by atoms with Crippen LogP contribution in [-0.4, -0.2) is 4.98 Å². The Labute approximate surface area is 127 Å². The second-order valence-corrected chi connectivity index (χ2v) is 7.05. The van der Waals surface area contributed by atoms with Crippen molar-refractivity contribution >= 4 is 40.2 Å². The highest BCUT2D eigenvalue weighted by atomic mass is 35.5. The van der Waals surface area contributed by atoms with Crippen LogP contribution in [0.1, 0.15) is 31.5 Å². The minimum Gasteiger partial charge on any atom is -0.379 e. The molecule has 1 aromatic carbocycles. The Balaban J connectivity index is 2.02. The van der Waals surface area contributed by atoms with E-state index >= 15 is 0 Å². The lowest BCUT2D eigenvalue weighted by molar-refractivity contribution is 0.583. The monoisotopic (exact) mass is 314 g/mol. The van der Waals surface area contributed by atoms with Crippen molar-refractivity contribution in [2.75, 3.05) is 5.32 Å². The van der Waals surface area contributed by atoms with Crippen LogP contribution in [-0.2, 0) is 12.0 Å². The fraction of sp³-hybridized carbons (Fsp3) is 0.357. The van der Waals surface area contributed by atoms with Gasteiger partial charge in [0.1, 0.15) is 0 Å². The van der Waals surface area contributed by atoms with Crippen LogP contribution in [0.15, 0.2) is 23.6 Å². The van der Waals surface area contributed by atoms with Crippen LogP contribution in [0.2, 0.25) is 10.0 Å². The molecule has 102 valence electrons. The summed E-state index contributed by atoms with van der Waals surface area (Å²) in [5.74, 6) is 0. The molecule has 0 spiro atoms. The molecule has 2 nitrogen and oxygen atoms in total. The summed E-state index contributed by atoms with van der Waals surface area (Å²) < 4.78 is 0. The molecule has 0 saturated carbocycles. The first-order chi connectivity index (χ1) is 8.86. The zero-order valence-electron chi connectivity index (χ0n) is 11.1. The molecule has 1 N–H and O–H groups in total. The SMILES string of the molecule is CC(C)(C)c1nc(CNc2ccc(Cl)c(Cl)c2)cs1. The number of nitrogens with one attached hydrogen (secondary N) is 1. The van der Waals surface area contributed by atoms with Gasteiger partial charge in [-0.3, -0.25) is 0 Å². The van der Waals surface area contributed by atoms with Crippen molar-refractivity contribution in [1.29, 1.82) is 0 Å². The van der Waals surface area contributed by atoms with E-state index in [2.05, 4.69) is 36.5 Å². The fourth-order valence-corrected chi connectivity index (χ4v) is 2.74. The topological polar surface area (TPSA) is 24.9 Å². The molecule has 0 aliphatic heterocycles. The van der Waals surface area contributed by atoms with Crippen LogP contribution in [0.25, 0.3) is 0 Å².